The highest BCUT2D eigenvalue weighted by Gasteiger charge is 2.39. The van der Waals surface area contributed by atoms with Crippen LogP contribution in [0.1, 0.15) is 35.0 Å². The van der Waals surface area contributed by atoms with Gasteiger partial charge >= 0.3 is 0 Å². The van der Waals surface area contributed by atoms with Gasteiger partial charge in [0.2, 0.25) is 0 Å². The highest BCUT2D eigenvalue weighted by molar-refractivity contribution is 7.89. The van der Waals surface area contributed by atoms with Crippen molar-refractivity contribution in [2.75, 3.05) is 26.2 Å². The highest BCUT2D eigenvalue weighted by atomic mass is 32.2. The monoisotopic (exact) mass is 555 g/mol. The fraction of sp³-hybridized carbons (Fsp3) is 0.407. The molecule has 1 N–H and O–H groups in total. The predicted molar refractivity (Wildman–Crippen MR) is 144 cm³/mol. The summed E-state index contributed by atoms with van der Waals surface area (Å²) in [5, 5.41) is 17.8. The van der Waals surface area contributed by atoms with Crippen LogP contribution in [0.15, 0.2) is 53.0 Å². The number of benzene rings is 2. The predicted octanol–water partition coefficient (Wildman–Crippen LogP) is 4.06. The van der Waals surface area contributed by atoms with Crippen LogP contribution in [0.2, 0.25) is 0 Å². The van der Waals surface area contributed by atoms with Crippen LogP contribution >= 0.6 is 11.3 Å². The van der Waals surface area contributed by atoms with E-state index in [2.05, 4.69) is 27.1 Å². The van der Waals surface area contributed by atoms with Gasteiger partial charge in [-0.3, -0.25) is 4.90 Å². The first-order valence-corrected chi connectivity index (χ1v) is 15.1. The largest absolute Gasteiger partial charge is 0.393 e. The quantitative estimate of drug-likeness (QED) is 0.386. The number of fused-ring (bicyclic) bond motifs is 1. The molecule has 2 fully saturated rings. The van der Waals surface area contributed by atoms with E-state index < -0.39 is 10.0 Å². The summed E-state index contributed by atoms with van der Waals surface area (Å²) in [6, 6.07) is 10.3. The third-order valence-electron chi connectivity index (χ3n) is 7.75. The Balaban J connectivity index is 1.36. The minimum absolute atomic E-state index is 0.113. The number of hydrogen-bond acceptors (Lipinski definition) is 7. The summed E-state index contributed by atoms with van der Waals surface area (Å²) in [4.78, 5) is 6.63. The van der Waals surface area contributed by atoms with E-state index in [1.807, 2.05) is 13.8 Å². The fourth-order valence-electron chi connectivity index (χ4n) is 5.65. The maximum atomic E-state index is 13.5. The maximum Gasteiger partial charge on any atom is 0.261 e. The van der Waals surface area contributed by atoms with Crippen molar-refractivity contribution in [3.05, 3.63) is 69.9 Å². The van der Waals surface area contributed by atoms with E-state index in [-0.39, 0.29) is 23.0 Å². The summed E-state index contributed by atoms with van der Waals surface area (Å²) >= 11 is 1.34. The average Bonchev–Trinajstić information content (AvgIpc) is 3.50. The van der Waals surface area contributed by atoms with Crippen LogP contribution in [0, 0.1) is 25.6 Å². The molecule has 0 unspecified atom stereocenters. The van der Waals surface area contributed by atoms with Crippen LogP contribution in [0.25, 0.3) is 16.6 Å². The van der Waals surface area contributed by atoms with Gasteiger partial charge in [-0.2, -0.15) is 9.40 Å². The Morgan fingerprint density at radius 1 is 1.13 bits per heavy atom. The molecule has 6 rings (SSSR count). The molecule has 0 amide bonds. The first kappa shape index (κ1) is 25.6. The number of halogens is 1. The van der Waals surface area contributed by atoms with Gasteiger partial charge in [0.1, 0.15) is 5.82 Å². The Labute approximate surface area is 225 Å². The van der Waals surface area contributed by atoms with Gasteiger partial charge in [-0.15, -0.1) is 11.3 Å². The van der Waals surface area contributed by atoms with Crippen molar-refractivity contribution in [1.29, 1.82) is 0 Å². The zero-order valence-corrected chi connectivity index (χ0v) is 22.9. The smallest absolute Gasteiger partial charge is 0.261 e. The number of nitrogens with zero attached hydrogens (tertiary/aromatic N) is 5. The topological polar surface area (TPSA) is 91.6 Å². The van der Waals surface area contributed by atoms with Gasteiger partial charge in [-0.05, 0) is 80.1 Å². The minimum atomic E-state index is -3.71. The summed E-state index contributed by atoms with van der Waals surface area (Å²) in [7, 11) is -3.71. The summed E-state index contributed by atoms with van der Waals surface area (Å²) in [5.41, 5.74) is 3.77. The first-order chi connectivity index (χ1) is 18.2. The van der Waals surface area contributed by atoms with Crippen LogP contribution < -0.4 is 0 Å². The lowest BCUT2D eigenvalue weighted by molar-refractivity contribution is 0.00593. The van der Waals surface area contributed by atoms with Crippen LogP contribution in [0.4, 0.5) is 4.39 Å². The third-order valence-corrected chi connectivity index (χ3v) is 10.4. The van der Waals surface area contributed by atoms with E-state index in [1.165, 1.54) is 23.5 Å². The SMILES string of the molecule is Cc1nc(S(=O)(=O)N2CCN(C[C@H]3C[C@@H](O)C3)[C@H](c3cc4cnn(-c5ccc(F)cc5)c4cc3C)C2)cs1. The molecular formula is C27H30FN5O3S2. The highest BCUT2D eigenvalue weighted by Crippen LogP contribution is 2.36. The minimum Gasteiger partial charge on any atom is -0.393 e. The lowest BCUT2D eigenvalue weighted by Gasteiger charge is -2.44. The van der Waals surface area contributed by atoms with Gasteiger partial charge in [-0.25, -0.2) is 22.5 Å². The molecule has 1 atom stereocenters. The molecule has 3 heterocycles. The van der Waals surface area contributed by atoms with Gasteiger partial charge in [-0.1, -0.05) is 0 Å². The summed E-state index contributed by atoms with van der Waals surface area (Å²) in [5.74, 6) is 0.106. The lowest BCUT2D eigenvalue weighted by Crippen LogP contribution is -2.52. The number of piperazine rings is 1. The molecule has 0 radical (unpaired) electrons. The Kier molecular flexibility index (Phi) is 6.59. The molecular weight excluding hydrogens is 525 g/mol. The first-order valence-electron chi connectivity index (χ1n) is 12.8. The van der Waals surface area contributed by atoms with Crippen molar-refractivity contribution in [3.8, 4) is 5.69 Å². The molecule has 0 bridgehead atoms. The van der Waals surface area contributed by atoms with Crippen LogP contribution in [0.3, 0.4) is 0 Å². The maximum absolute atomic E-state index is 13.5. The van der Waals surface area contributed by atoms with Gasteiger partial charge in [0.05, 0.1) is 28.5 Å². The number of aryl methyl sites for hydroxylation is 2. The molecule has 1 aliphatic heterocycles. The van der Waals surface area contributed by atoms with Crippen molar-refractivity contribution in [2.24, 2.45) is 5.92 Å². The second kappa shape index (κ2) is 9.80. The van der Waals surface area contributed by atoms with Crippen molar-refractivity contribution < 1.29 is 17.9 Å². The number of hydrogen-bond donors (Lipinski definition) is 1. The Hall–Kier alpha value is -2.70. The van der Waals surface area contributed by atoms with Gasteiger partial charge in [0.15, 0.2) is 5.03 Å². The van der Waals surface area contributed by atoms with E-state index in [0.717, 1.165) is 52.1 Å². The second-order valence-corrected chi connectivity index (χ2v) is 13.3. The summed E-state index contributed by atoms with van der Waals surface area (Å²) in [6.45, 7) is 5.99. The van der Waals surface area contributed by atoms with Crippen molar-refractivity contribution >= 4 is 32.3 Å². The number of aliphatic hydroxyl groups is 1. The van der Waals surface area contributed by atoms with Gasteiger partial charge in [0.25, 0.3) is 10.0 Å². The van der Waals surface area contributed by atoms with Crippen molar-refractivity contribution in [3.63, 3.8) is 0 Å². The van der Waals surface area contributed by atoms with E-state index in [4.69, 9.17) is 0 Å². The van der Waals surface area contributed by atoms with Crippen molar-refractivity contribution in [2.45, 2.75) is 43.9 Å². The fourth-order valence-corrected chi connectivity index (χ4v) is 7.99. The zero-order valence-electron chi connectivity index (χ0n) is 21.3. The van der Waals surface area contributed by atoms with E-state index >= 15 is 0 Å². The molecule has 1 saturated heterocycles. The number of sulfonamides is 1. The van der Waals surface area contributed by atoms with Crippen LogP contribution in [0.5, 0.6) is 0 Å². The number of aromatic nitrogens is 3. The molecule has 2 aromatic carbocycles. The molecule has 2 aliphatic rings. The second-order valence-electron chi connectivity index (χ2n) is 10.4. The molecule has 1 saturated carbocycles. The van der Waals surface area contributed by atoms with Gasteiger partial charge in [0, 0.05) is 43.0 Å². The number of aliphatic hydroxyl groups excluding tert-OH is 1. The molecule has 4 aromatic rings. The molecule has 2 aromatic heterocycles. The Bertz CT molecular complexity index is 1580. The average molecular weight is 556 g/mol. The van der Waals surface area contributed by atoms with E-state index in [1.54, 1.807) is 32.7 Å². The molecule has 38 heavy (non-hydrogen) atoms. The zero-order chi connectivity index (χ0) is 26.6. The molecule has 1 aliphatic carbocycles. The normalized spacial score (nSPS) is 23.1. The lowest BCUT2D eigenvalue weighted by atomic mass is 9.81. The van der Waals surface area contributed by atoms with Gasteiger partial charge < -0.3 is 5.11 Å². The standard InChI is InChI=1S/C27H30FN5O3S2/c1-17-9-25-20(13-29-33(25)22-5-3-21(28)4-6-22)12-24(17)26-15-32(38(35,36)27-16-37-18(2)30-27)8-7-31(26)14-19-10-23(34)11-19/h3-6,9,12-13,16,19,23,26,34H,7-8,10-11,14-15H2,1-2H3/t19-,23+,26-/m0/s1. The number of thiazole rings is 1. The van der Waals surface area contributed by atoms with Crippen LogP contribution in [-0.4, -0.2) is 69.8 Å². The van der Waals surface area contributed by atoms with E-state index in [9.17, 15) is 17.9 Å². The molecule has 0 spiro atoms. The number of rotatable bonds is 6. The Morgan fingerprint density at radius 3 is 2.58 bits per heavy atom. The molecule has 8 nitrogen and oxygen atoms in total. The third kappa shape index (κ3) is 4.66. The van der Waals surface area contributed by atoms with E-state index in [0.29, 0.717) is 25.6 Å². The summed E-state index contributed by atoms with van der Waals surface area (Å²) < 4.78 is 43.8. The van der Waals surface area contributed by atoms with Crippen molar-refractivity contribution in [1.82, 2.24) is 24.0 Å². The molecule has 11 heteroatoms. The summed E-state index contributed by atoms with van der Waals surface area (Å²) in [6.07, 6.45) is 3.13. The Morgan fingerprint density at radius 2 is 1.89 bits per heavy atom. The molecule has 200 valence electrons. The van der Waals surface area contributed by atoms with Crippen LogP contribution in [-0.2, 0) is 10.0 Å².